The van der Waals surface area contributed by atoms with Crippen molar-refractivity contribution in [1.29, 1.82) is 0 Å². The molecule has 7 nitrogen and oxygen atoms in total. The fraction of sp³-hybridized carbons (Fsp3) is 0. The van der Waals surface area contributed by atoms with Crippen LogP contribution < -0.4 is 22.1 Å². The highest BCUT2D eigenvalue weighted by Gasteiger charge is 2.24. The molecule has 1 amide bonds. The van der Waals surface area contributed by atoms with Crippen LogP contribution in [0.3, 0.4) is 0 Å². The molecule has 1 aromatic carbocycles. The largest absolute Gasteiger partial charge is 0.359 e. The van der Waals surface area contributed by atoms with Crippen LogP contribution in [-0.2, 0) is 4.79 Å². The van der Waals surface area contributed by atoms with E-state index in [-0.39, 0.29) is 11.1 Å². The molecule has 1 aromatic heterocycles. The summed E-state index contributed by atoms with van der Waals surface area (Å²) in [4.78, 5) is 23.4. The summed E-state index contributed by atoms with van der Waals surface area (Å²) in [5.41, 5.74) is 2.76. The lowest BCUT2D eigenvalue weighted by Crippen LogP contribution is -2.32. The quantitative estimate of drug-likeness (QED) is 0.341. The number of carbonyl (C=O) groups is 1. The normalized spacial score (nSPS) is 12.8. The lowest BCUT2D eigenvalue weighted by Gasteiger charge is -2.18. The van der Waals surface area contributed by atoms with Crippen molar-refractivity contribution in [2.24, 2.45) is 5.84 Å². The molecule has 8 heteroatoms. The molecule has 0 atom stereocenters. The second-order valence-electron chi connectivity index (χ2n) is 3.92. The highest BCUT2D eigenvalue weighted by Crippen LogP contribution is 2.36. The van der Waals surface area contributed by atoms with Crippen molar-refractivity contribution >= 4 is 39.5 Å². The summed E-state index contributed by atoms with van der Waals surface area (Å²) in [7, 11) is 0. The predicted octanol–water partition coefficient (Wildman–Crippen LogP) is 0.333. The van der Waals surface area contributed by atoms with E-state index in [1.807, 2.05) is 5.43 Å². The third-order valence-electron chi connectivity index (χ3n) is 2.90. The minimum Gasteiger partial charge on any atom is -0.359 e. The Balaban J connectivity index is 2.42. The van der Waals surface area contributed by atoms with Crippen molar-refractivity contribution in [3.63, 3.8) is 0 Å². The number of nitrogens with one attached hydrogen (secondary N) is 3. The van der Waals surface area contributed by atoms with Gasteiger partial charge in [-0.1, -0.05) is 11.6 Å². The van der Waals surface area contributed by atoms with E-state index in [9.17, 15) is 9.59 Å². The smallest absolute Gasteiger partial charge is 0.272 e. The first-order valence-corrected chi connectivity index (χ1v) is 5.70. The Morgan fingerprint density at radius 3 is 2.95 bits per heavy atom. The molecule has 96 valence electrons. The van der Waals surface area contributed by atoms with Gasteiger partial charge in [0.1, 0.15) is 5.69 Å². The molecule has 2 heterocycles. The first kappa shape index (κ1) is 11.7. The highest BCUT2D eigenvalue weighted by atomic mass is 35.5. The first-order chi connectivity index (χ1) is 9.13. The zero-order chi connectivity index (χ0) is 13.6. The van der Waals surface area contributed by atoms with Gasteiger partial charge in [0.05, 0.1) is 21.7 Å². The number of rotatable bonds is 1. The summed E-state index contributed by atoms with van der Waals surface area (Å²) in [5.74, 6) is 4.60. The number of hydrogen-bond acceptors (Lipinski definition) is 5. The highest BCUT2D eigenvalue weighted by molar-refractivity contribution is 6.36. The van der Waals surface area contributed by atoms with Crippen LogP contribution in [0.5, 0.6) is 0 Å². The van der Waals surface area contributed by atoms with Gasteiger partial charge in [-0.15, -0.1) is 0 Å². The number of anilines is 1. The molecule has 5 N–H and O–H groups in total. The second kappa shape index (κ2) is 4.08. The fourth-order valence-electron chi connectivity index (χ4n) is 2.03. The zero-order valence-corrected chi connectivity index (χ0v) is 10.2. The van der Waals surface area contributed by atoms with Crippen LogP contribution in [0.2, 0.25) is 5.02 Å². The second-order valence-corrected chi connectivity index (χ2v) is 4.33. The summed E-state index contributed by atoms with van der Waals surface area (Å²) >= 11 is 6.07. The molecule has 0 unspecified atom stereocenters. The van der Waals surface area contributed by atoms with Gasteiger partial charge < -0.3 is 5.32 Å². The third kappa shape index (κ3) is 1.60. The van der Waals surface area contributed by atoms with E-state index in [1.165, 1.54) is 6.20 Å². The minimum absolute atomic E-state index is 0.221. The molecular weight excluding hydrogens is 270 g/mol. The number of nitrogens with two attached hydrogens (primary N) is 1. The van der Waals surface area contributed by atoms with Crippen LogP contribution in [0.25, 0.3) is 16.3 Å². The van der Waals surface area contributed by atoms with Gasteiger partial charge in [0.15, 0.2) is 0 Å². The summed E-state index contributed by atoms with van der Waals surface area (Å²) in [6.07, 6.45) is 1.44. The number of amides is 1. The average Bonchev–Trinajstić information content (AvgIpc) is 2.43. The molecule has 1 aliphatic heterocycles. The summed E-state index contributed by atoms with van der Waals surface area (Å²) < 4.78 is 0. The van der Waals surface area contributed by atoms with E-state index in [1.54, 1.807) is 12.1 Å². The molecule has 0 saturated carbocycles. The Kier molecular flexibility index (Phi) is 2.51. The molecule has 1 aliphatic rings. The van der Waals surface area contributed by atoms with Crippen molar-refractivity contribution in [3.8, 4) is 0 Å². The number of nitrogens with zero attached hydrogens (tertiary/aromatic N) is 1. The van der Waals surface area contributed by atoms with Gasteiger partial charge in [-0.25, -0.2) is 10.9 Å². The van der Waals surface area contributed by atoms with Crippen LogP contribution in [-0.4, -0.2) is 16.1 Å². The first-order valence-electron chi connectivity index (χ1n) is 5.32. The van der Waals surface area contributed by atoms with Gasteiger partial charge in [0.2, 0.25) is 0 Å². The van der Waals surface area contributed by atoms with Gasteiger partial charge in [-0.3, -0.25) is 15.0 Å². The lowest BCUT2D eigenvalue weighted by molar-refractivity contribution is -0.115. The maximum atomic E-state index is 11.7. The molecule has 2 aromatic rings. The molecule has 0 saturated heterocycles. The van der Waals surface area contributed by atoms with Crippen LogP contribution in [0.1, 0.15) is 5.69 Å². The van der Waals surface area contributed by atoms with Crippen molar-refractivity contribution in [2.75, 3.05) is 5.32 Å². The molecule has 0 spiro atoms. The Morgan fingerprint density at radius 1 is 1.42 bits per heavy atom. The molecule has 19 heavy (non-hydrogen) atoms. The van der Waals surface area contributed by atoms with Crippen LogP contribution in [0, 0.1) is 0 Å². The molecule has 0 radical (unpaired) electrons. The van der Waals surface area contributed by atoms with Gasteiger partial charge in [-0.2, -0.15) is 5.10 Å². The number of aromatic nitrogens is 2. The molecule has 0 aliphatic carbocycles. The van der Waals surface area contributed by atoms with Crippen LogP contribution in [0.15, 0.2) is 23.1 Å². The monoisotopic (exact) mass is 277 g/mol. The maximum Gasteiger partial charge on any atom is 0.272 e. The SMILES string of the molecule is NNC(=O)C1=CNc2c(Cl)ccc3c(=O)[nH]nc1c23. The Bertz CT molecular complexity index is 796. The van der Waals surface area contributed by atoms with Gasteiger partial charge in [0.25, 0.3) is 11.5 Å². The molecule has 0 bridgehead atoms. The number of aromatic amines is 1. The average molecular weight is 278 g/mol. The number of hydrazine groups is 1. The Morgan fingerprint density at radius 2 is 2.21 bits per heavy atom. The summed E-state index contributed by atoms with van der Waals surface area (Å²) in [6.45, 7) is 0. The summed E-state index contributed by atoms with van der Waals surface area (Å²) in [6, 6.07) is 3.18. The van der Waals surface area contributed by atoms with E-state index in [2.05, 4.69) is 15.5 Å². The lowest BCUT2D eigenvalue weighted by atomic mass is 10.0. The molecular formula is C11H8ClN5O2. The number of H-pyrrole nitrogens is 1. The van der Waals surface area contributed by atoms with E-state index >= 15 is 0 Å². The van der Waals surface area contributed by atoms with Gasteiger partial charge >= 0.3 is 0 Å². The van der Waals surface area contributed by atoms with E-state index in [0.29, 0.717) is 27.2 Å². The van der Waals surface area contributed by atoms with Gasteiger partial charge in [0, 0.05) is 11.6 Å². The fourth-order valence-corrected chi connectivity index (χ4v) is 2.25. The van der Waals surface area contributed by atoms with Crippen LogP contribution >= 0.6 is 11.6 Å². The third-order valence-corrected chi connectivity index (χ3v) is 3.21. The topological polar surface area (TPSA) is 113 Å². The van der Waals surface area contributed by atoms with Crippen molar-refractivity contribution < 1.29 is 4.79 Å². The Hall–Kier alpha value is -2.38. The van der Waals surface area contributed by atoms with E-state index < -0.39 is 5.91 Å². The number of halogens is 1. The zero-order valence-electron chi connectivity index (χ0n) is 9.45. The van der Waals surface area contributed by atoms with Gasteiger partial charge in [-0.05, 0) is 12.1 Å². The minimum atomic E-state index is -0.515. The summed E-state index contributed by atoms with van der Waals surface area (Å²) in [5, 5.41) is 10.5. The van der Waals surface area contributed by atoms with E-state index in [0.717, 1.165) is 0 Å². The van der Waals surface area contributed by atoms with Crippen LogP contribution in [0.4, 0.5) is 5.69 Å². The van der Waals surface area contributed by atoms with E-state index in [4.69, 9.17) is 17.4 Å². The maximum absolute atomic E-state index is 11.7. The van der Waals surface area contributed by atoms with Crippen molar-refractivity contribution in [1.82, 2.24) is 15.6 Å². The standard InChI is InChI=1S/C11H8ClN5O2/c12-6-2-1-4-7-8(16-17-11(4)19)5(10(18)15-13)3-14-9(6)7/h1-3,14H,13H2,(H,15,18)(H,17,19). The van der Waals surface area contributed by atoms with Crippen molar-refractivity contribution in [3.05, 3.63) is 39.4 Å². The number of hydrogen-bond donors (Lipinski definition) is 4. The van der Waals surface area contributed by atoms with Crippen molar-refractivity contribution in [2.45, 2.75) is 0 Å². The Labute approximate surface area is 111 Å². The number of benzene rings is 1. The number of carbonyl (C=O) groups excluding carboxylic acids is 1. The predicted molar refractivity (Wildman–Crippen MR) is 71.3 cm³/mol. The molecule has 3 rings (SSSR count). The molecule has 0 fully saturated rings.